The van der Waals surface area contributed by atoms with E-state index in [1.165, 1.54) is 12.1 Å². The zero-order valence-electron chi connectivity index (χ0n) is 13.2. The summed E-state index contributed by atoms with van der Waals surface area (Å²) in [6, 6.07) is 6.03. The molecule has 2 aromatic rings. The summed E-state index contributed by atoms with van der Waals surface area (Å²) in [7, 11) is 0. The van der Waals surface area contributed by atoms with E-state index >= 15 is 0 Å². The third kappa shape index (κ3) is 3.48. The molecule has 0 radical (unpaired) electrons. The van der Waals surface area contributed by atoms with Gasteiger partial charge in [0, 0.05) is 17.4 Å². The molecule has 1 aromatic carbocycles. The van der Waals surface area contributed by atoms with Crippen molar-refractivity contribution in [2.75, 3.05) is 5.75 Å². The fraction of sp³-hybridized carbons (Fsp3) is 0.412. The molecule has 23 heavy (non-hydrogen) atoms. The Hall–Kier alpha value is -1.27. The van der Waals surface area contributed by atoms with Crippen molar-refractivity contribution < 1.29 is 4.39 Å². The number of nitrogens with zero attached hydrogens (tertiary/aromatic N) is 2. The Balaban J connectivity index is 2.09. The number of fused-ring (bicyclic) bond motifs is 1. The predicted molar refractivity (Wildman–Crippen MR) is 94.4 cm³/mol. The number of unbranched alkanes of at least 4 members (excludes halogenated alkanes) is 1. The van der Waals surface area contributed by atoms with Crippen LogP contribution >= 0.6 is 23.5 Å². The molecule has 0 aliphatic carbocycles. The van der Waals surface area contributed by atoms with Crippen molar-refractivity contribution in [3.05, 3.63) is 46.1 Å². The van der Waals surface area contributed by atoms with Crippen molar-refractivity contribution in [1.29, 1.82) is 0 Å². The molecule has 122 valence electrons. The van der Waals surface area contributed by atoms with Gasteiger partial charge in [0.1, 0.15) is 5.82 Å². The fourth-order valence-corrected chi connectivity index (χ4v) is 4.73. The largest absolute Gasteiger partial charge is 0.272 e. The van der Waals surface area contributed by atoms with Crippen molar-refractivity contribution in [3.63, 3.8) is 0 Å². The number of hydrogen-bond acceptors (Lipinski definition) is 4. The van der Waals surface area contributed by atoms with Gasteiger partial charge in [-0.3, -0.25) is 9.36 Å². The van der Waals surface area contributed by atoms with Crippen LogP contribution in [0.3, 0.4) is 0 Å². The van der Waals surface area contributed by atoms with Crippen molar-refractivity contribution in [2.24, 2.45) is 0 Å². The smallest absolute Gasteiger partial charge is 0.268 e. The van der Waals surface area contributed by atoms with Gasteiger partial charge in [-0.05, 0) is 30.7 Å². The van der Waals surface area contributed by atoms with E-state index in [0.717, 1.165) is 35.6 Å². The van der Waals surface area contributed by atoms with Crippen molar-refractivity contribution in [3.8, 4) is 5.69 Å². The molecule has 0 N–H and O–H groups in total. The van der Waals surface area contributed by atoms with Crippen LogP contribution in [0.4, 0.5) is 4.39 Å². The van der Waals surface area contributed by atoms with E-state index in [9.17, 15) is 9.18 Å². The Morgan fingerprint density at radius 3 is 2.83 bits per heavy atom. The molecule has 3 nitrogen and oxygen atoms in total. The Kier molecular flexibility index (Phi) is 5.11. The maximum absolute atomic E-state index is 13.2. The third-order valence-electron chi connectivity index (χ3n) is 3.70. The van der Waals surface area contributed by atoms with E-state index in [1.807, 2.05) is 0 Å². The Labute approximate surface area is 143 Å². The highest BCUT2D eigenvalue weighted by atomic mass is 32.2. The molecule has 0 fully saturated rings. The minimum atomic E-state index is -0.306. The van der Waals surface area contributed by atoms with Gasteiger partial charge in [0.05, 0.1) is 16.3 Å². The van der Waals surface area contributed by atoms with Gasteiger partial charge in [0.15, 0.2) is 5.16 Å². The minimum absolute atomic E-state index is 0.0324. The minimum Gasteiger partial charge on any atom is -0.268 e. The van der Waals surface area contributed by atoms with E-state index in [4.69, 9.17) is 4.98 Å². The quantitative estimate of drug-likeness (QED) is 0.457. The van der Waals surface area contributed by atoms with Crippen LogP contribution in [0.15, 0.2) is 39.1 Å². The number of benzene rings is 1. The summed E-state index contributed by atoms with van der Waals surface area (Å²) in [6.45, 7) is 4.25. The summed E-state index contributed by atoms with van der Waals surface area (Å²) >= 11 is 3.19. The van der Waals surface area contributed by atoms with Crippen LogP contribution in [-0.2, 0) is 6.42 Å². The molecule has 0 saturated carbocycles. The van der Waals surface area contributed by atoms with Gasteiger partial charge in [0.2, 0.25) is 0 Å². The summed E-state index contributed by atoms with van der Waals surface area (Å²) in [6.07, 6.45) is 3.01. The van der Waals surface area contributed by atoms with Gasteiger partial charge in [-0.1, -0.05) is 32.0 Å². The average Bonchev–Trinajstić information content (AvgIpc) is 2.90. The first-order chi connectivity index (χ1) is 11.1. The van der Waals surface area contributed by atoms with Gasteiger partial charge in [-0.15, -0.1) is 11.8 Å². The highest BCUT2D eigenvalue weighted by Gasteiger charge is 2.26. The van der Waals surface area contributed by atoms with Crippen LogP contribution < -0.4 is 5.56 Å². The molecule has 1 aliphatic heterocycles. The zero-order chi connectivity index (χ0) is 16.4. The Morgan fingerprint density at radius 1 is 1.39 bits per heavy atom. The van der Waals surface area contributed by atoms with Crippen molar-refractivity contribution in [2.45, 2.75) is 48.4 Å². The molecular weight excluding hydrogens is 331 g/mol. The second-order valence-electron chi connectivity index (χ2n) is 5.62. The SMILES string of the molecule is CCCCSc1nc2c(c(=O)n1-c1ccc(F)cc1)S[C@@H](C)C2. The summed E-state index contributed by atoms with van der Waals surface area (Å²) in [5.41, 5.74) is 1.55. The highest BCUT2D eigenvalue weighted by molar-refractivity contribution is 8.00. The van der Waals surface area contributed by atoms with E-state index in [-0.39, 0.29) is 11.4 Å². The highest BCUT2D eigenvalue weighted by Crippen LogP contribution is 2.34. The standard InChI is InChI=1S/C17H19FN2OS2/c1-3-4-9-22-17-19-14-10-11(2)23-15(14)16(21)20(17)13-7-5-12(18)6-8-13/h5-8,11H,3-4,9-10H2,1-2H3/t11-/m0/s1. The van der Waals surface area contributed by atoms with Crippen LogP contribution in [0.2, 0.25) is 0 Å². The molecule has 1 aromatic heterocycles. The number of aromatic nitrogens is 2. The van der Waals surface area contributed by atoms with Crippen LogP contribution in [0.5, 0.6) is 0 Å². The molecule has 6 heteroatoms. The first-order valence-electron chi connectivity index (χ1n) is 7.81. The first kappa shape index (κ1) is 16.6. The van der Waals surface area contributed by atoms with Crippen molar-refractivity contribution in [1.82, 2.24) is 9.55 Å². The number of halogens is 1. The Morgan fingerprint density at radius 2 is 2.13 bits per heavy atom. The summed E-state index contributed by atoms with van der Waals surface area (Å²) in [4.78, 5) is 18.4. The monoisotopic (exact) mass is 350 g/mol. The molecule has 0 amide bonds. The molecule has 0 saturated heterocycles. The van der Waals surface area contributed by atoms with Gasteiger partial charge < -0.3 is 0 Å². The van der Waals surface area contributed by atoms with Gasteiger partial charge in [-0.25, -0.2) is 9.37 Å². The molecule has 2 heterocycles. The number of rotatable bonds is 5. The lowest BCUT2D eigenvalue weighted by Gasteiger charge is -2.13. The maximum Gasteiger partial charge on any atom is 0.272 e. The lowest BCUT2D eigenvalue weighted by molar-refractivity contribution is 0.626. The lowest BCUT2D eigenvalue weighted by atomic mass is 10.2. The third-order valence-corrected chi connectivity index (χ3v) is 5.93. The molecule has 0 spiro atoms. The molecule has 3 rings (SSSR count). The van der Waals surface area contributed by atoms with Crippen LogP contribution in [0, 0.1) is 5.82 Å². The maximum atomic E-state index is 13.2. The zero-order valence-corrected chi connectivity index (χ0v) is 14.8. The van der Waals surface area contributed by atoms with E-state index in [0.29, 0.717) is 16.1 Å². The molecule has 0 bridgehead atoms. The molecule has 1 atom stereocenters. The second-order valence-corrected chi connectivity index (χ2v) is 8.13. The number of hydrogen-bond donors (Lipinski definition) is 0. The van der Waals surface area contributed by atoms with E-state index in [1.54, 1.807) is 40.2 Å². The van der Waals surface area contributed by atoms with Gasteiger partial charge in [0.25, 0.3) is 5.56 Å². The van der Waals surface area contributed by atoms with Crippen LogP contribution in [-0.4, -0.2) is 20.6 Å². The molecular formula is C17H19FN2OS2. The summed E-state index contributed by atoms with van der Waals surface area (Å²) < 4.78 is 14.8. The summed E-state index contributed by atoms with van der Waals surface area (Å²) in [5.74, 6) is 0.616. The van der Waals surface area contributed by atoms with E-state index < -0.39 is 0 Å². The number of thioether (sulfide) groups is 2. The van der Waals surface area contributed by atoms with Crippen molar-refractivity contribution >= 4 is 23.5 Å². The second kappa shape index (κ2) is 7.09. The normalized spacial score (nSPS) is 16.6. The fourth-order valence-electron chi connectivity index (χ4n) is 2.52. The molecule has 0 unspecified atom stereocenters. The summed E-state index contributed by atoms with van der Waals surface area (Å²) in [5, 5.41) is 1.09. The average molecular weight is 350 g/mol. The van der Waals surface area contributed by atoms with Gasteiger partial charge in [-0.2, -0.15) is 0 Å². The van der Waals surface area contributed by atoms with Crippen LogP contribution in [0.25, 0.3) is 5.69 Å². The van der Waals surface area contributed by atoms with Gasteiger partial charge >= 0.3 is 0 Å². The van der Waals surface area contributed by atoms with Crippen LogP contribution in [0.1, 0.15) is 32.4 Å². The predicted octanol–water partition coefficient (Wildman–Crippen LogP) is 4.30. The van der Waals surface area contributed by atoms with E-state index in [2.05, 4.69) is 13.8 Å². The topological polar surface area (TPSA) is 34.9 Å². The lowest BCUT2D eigenvalue weighted by Crippen LogP contribution is -2.23. The first-order valence-corrected chi connectivity index (χ1v) is 9.68. The molecule has 1 aliphatic rings. The Bertz CT molecular complexity index is 758.